The summed E-state index contributed by atoms with van der Waals surface area (Å²) in [4.78, 5) is 11.0. The minimum absolute atomic E-state index is 0.0561. The molecule has 0 aliphatic rings. The number of rotatable bonds is 5. The molecule has 0 saturated carbocycles. The fourth-order valence-electron chi connectivity index (χ4n) is 2.30. The van der Waals surface area contributed by atoms with Crippen molar-refractivity contribution in [2.24, 2.45) is 0 Å². The first-order chi connectivity index (χ1) is 12.4. The van der Waals surface area contributed by atoms with Gasteiger partial charge >= 0.3 is 0 Å². The van der Waals surface area contributed by atoms with E-state index in [9.17, 15) is 13.2 Å². The molecule has 0 radical (unpaired) electrons. The molecular formula is C17H14ClN3O4S. The summed E-state index contributed by atoms with van der Waals surface area (Å²) >= 11 is 6.10. The van der Waals surface area contributed by atoms with Crippen molar-refractivity contribution < 1.29 is 13.2 Å². The highest BCUT2D eigenvalue weighted by Gasteiger charge is 2.21. The molecule has 9 heteroatoms. The van der Waals surface area contributed by atoms with E-state index in [1.807, 2.05) is 0 Å². The van der Waals surface area contributed by atoms with Gasteiger partial charge < -0.3 is 4.74 Å². The summed E-state index contributed by atoms with van der Waals surface area (Å²) in [7, 11) is -2.53. The van der Waals surface area contributed by atoms with E-state index in [1.54, 1.807) is 30.3 Å². The van der Waals surface area contributed by atoms with Gasteiger partial charge in [-0.3, -0.25) is 9.52 Å². The van der Waals surface area contributed by atoms with E-state index in [-0.39, 0.29) is 15.5 Å². The van der Waals surface area contributed by atoms with Crippen molar-refractivity contribution in [2.75, 3.05) is 11.8 Å². The predicted octanol–water partition coefficient (Wildman–Crippen LogP) is 2.90. The Morgan fingerprint density at radius 1 is 1.12 bits per heavy atom. The van der Waals surface area contributed by atoms with Gasteiger partial charge in [0.2, 0.25) is 0 Å². The smallest absolute Gasteiger partial charge is 0.264 e. The summed E-state index contributed by atoms with van der Waals surface area (Å²) in [5.74, 6) is 0.380. The largest absolute Gasteiger partial charge is 0.495 e. The van der Waals surface area contributed by atoms with Gasteiger partial charge in [0, 0.05) is 11.6 Å². The molecule has 0 spiro atoms. The molecule has 3 aromatic rings. The molecule has 134 valence electrons. The van der Waals surface area contributed by atoms with Crippen LogP contribution in [-0.4, -0.2) is 25.7 Å². The molecule has 26 heavy (non-hydrogen) atoms. The third-order valence-corrected chi connectivity index (χ3v) is 5.39. The first-order valence-electron chi connectivity index (χ1n) is 7.42. The molecule has 0 fully saturated rings. The monoisotopic (exact) mass is 391 g/mol. The van der Waals surface area contributed by atoms with Gasteiger partial charge in [0.15, 0.2) is 0 Å². The molecule has 0 amide bonds. The third-order valence-electron chi connectivity index (χ3n) is 3.55. The van der Waals surface area contributed by atoms with Gasteiger partial charge in [-0.25, -0.2) is 13.5 Å². The first-order valence-corrected chi connectivity index (χ1v) is 9.28. The van der Waals surface area contributed by atoms with Crippen LogP contribution in [-0.2, 0) is 10.0 Å². The molecule has 1 aromatic heterocycles. The standard InChI is InChI=1S/C17H14ClN3O4S/c1-25-15-5-3-2-4-14(15)21-26(23,24)16-10-11(6-7-12(16)18)13-8-9-17(22)20-19-13/h2-10,21H,1H3,(H,20,22). The van der Waals surface area contributed by atoms with E-state index in [0.29, 0.717) is 22.7 Å². The second-order valence-corrected chi connectivity index (χ2v) is 7.32. The summed E-state index contributed by atoms with van der Waals surface area (Å²) < 4.78 is 33.2. The Labute approximate surface area is 154 Å². The number of H-pyrrole nitrogens is 1. The third kappa shape index (κ3) is 3.71. The molecule has 0 saturated heterocycles. The highest BCUT2D eigenvalue weighted by atomic mass is 35.5. The molecule has 2 aromatic carbocycles. The maximum Gasteiger partial charge on any atom is 0.264 e. The number of nitrogens with zero attached hydrogens (tertiary/aromatic N) is 1. The predicted molar refractivity (Wildman–Crippen MR) is 99.1 cm³/mol. The van der Waals surface area contributed by atoms with Crippen molar-refractivity contribution in [3.8, 4) is 17.0 Å². The number of ether oxygens (including phenoxy) is 1. The van der Waals surface area contributed by atoms with Crippen molar-refractivity contribution in [1.82, 2.24) is 10.2 Å². The minimum Gasteiger partial charge on any atom is -0.495 e. The van der Waals surface area contributed by atoms with Crippen LogP contribution in [0.5, 0.6) is 5.75 Å². The average Bonchev–Trinajstić information content (AvgIpc) is 2.63. The molecule has 0 aliphatic heterocycles. The lowest BCUT2D eigenvalue weighted by molar-refractivity contribution is 0.417. The van der Waals surface area contributed by atoms with Crippen molar-refractivity contribution in [3.63, 3.8) is 0 Å². The Balaban J connectivity index is 2.03. The fraction of sp³-hybridized carbons (Fsp3) is 0.0588. The molecular weight excluding hydrogens is 378 g/mol. The van der Waals surface area contributed by atoms with Crippen LogP contribution in [0.15, 0.2) is 64.3 Å². The number of sulfonamides is 1. The summed E-state index contributed by atoms with van der Waals surface area (Å²) in [5.41, 5.74) is 0.841. The van der Waals surface area contributed by atoms with Gasteiger partial charge in [-0.2, -0.15) is 5.10 Å². The second-order valence-electron chi connectivity index (χ2n) is 5.26. The lowest BCUT2D eigenvalue weighted by Gasteiger charge is -2.13. The van der Waals surface area contributed by atoms with E-state index >= 15 is 0 Å². The molecule has 3 rings (SSSR count). The van der Waals surface area contributed by atoms with Crippen LogP contribution in [0.25, 0.3) is 11.3 Å². The van der Waals surface area contributed by atoms with Gasteiger partial charge in [0.25, 0.3) is 15.6 Å². The zero-order valence-electron chi connectivity index (χ0n) is 13.6. The van der Waals surface area contributed by atoms with Gasteiger partial charge in [-0.15, -0.1) is 0 Å². The van der Waals surface area contributed by atoms with E-state index in [0.717, 1.165) is 0 Å². The quantitative estimate of drug-likeness (QED) is 0.696. The minimum atomic E-state index is -3.98. The van der Waals surface area contributed by atoms with Crippen molar-refractivity contribution in [1.29, 1.82) is 0 Å². The van der Waals surface area contributed by atoms with Gasteiger partial charge in [0.05, 0.1) is 23.5 Å². The van der Waals surface area contributed by atoms with E-state index in [2.05, 4.69) is 14.9 Å². The summed E-state index contributed by atoms with van der Waals surface area (Å²) in [6.07, 6.45) is 0. The van der Waals surface area contributed by atoms with Gasteiger partial charge in [0.1, 0.15) is 10.6 Å². The second kappa shape index (κ2) is 7.19. The lowest BCUT2D eigenvalue weighted by Crippen LogP contribution is -2.14. The Morgan fingerprint density at radius 2 is 1.88 bits per heavy atom. The zero-order valence-corrected chi connectivity index (χ0v) is 15.1. The normalized spacial score (nSPS) is 11.2. The number of hydrogen-bond donors (Lipinski definition) is 2. The topological polar surface area (TPSA) is 101 Å². The van der Waals surface area contributed by atoms with Crippen LogP contribution in [0.1, 0.15) is 0 Å². The van der Waals surface area contributed by atoms with Gasteiger partial charge in [-0.05, 0) is 30.3 Å². The van der Waals surface area contributed by atoms with Crippen molar-refractivity contribution >= 4 is 27.3 Å². The van der Waals surface area contributed by atoms with E-state index < -0.39 is 10.0 Å². The molecule has 0 atom stereocenters. The molecule has 2 N–H and O–H groups in total. The van der Waals surface area contributed by atoms with Crippen LogP contribution in [0.2, 0.25) is 5.02 Å². The van der Waals surface area contributed by atoms with E-state index in [1.165, 1.54) is 31.4 Å². The SMILES string of the molecule is COc1ccccc1NS(=O)(=O)c1cc(-c2ccc(=O)[nH]n2)ccc1Cl. The number of hydrogen-bond acceptors (Lipinski definition) is 5. The summed E-state index contributed by atoms with van der Waals surface area (Å²) in [6, 6.07) is 13.9. The highest BCUT2D eigenvalue weighted by Crippen LogP contribution is 2.31. The van der Waals surface area contributed by atoms with Crippen molar-refractivity contribution in [3.05, 3.63) is 70.0 Å². The summed E-state index contributed by atoms with van der Waals surface area (Å²) in [5, 5.41) is 6.26. The Bertz CT molecular complexity index is 1090. The first kappa shape index (κ1) is 18.0. The van der Waals surface area contributed by atoms with Crippen molar-refractivity contribution in [2.45, 2.75) is 4.90 Å². The highest BCUT2D eigenvalue weighted by molar-refractivity contribution is 7.92. The number of methoxy groups -OCH3 is 1. The Morgan fingerprint density at radius 3 is 2.58 bits per heavy atom. The number of para-hydroxylation sites is 2. The fourth-order valence-corrected chi connectivity index (χ4v) is 3.90. The Kier molecular flexibility index (Phi) is 4.97. The maximum absolute atomic E-state index is 12.8. The lowest BCUT2D eigenvalue weighted by atomic mass is 10.1. The van der Waals surface area contributed by atoms with Gasteiger partial charge in [-0.1, -0.05) is 29.8 Å². The molecule has 7 nitrogen and oxygen atoms in total. The molecule has 0 unspecified atom stereocenters. The van der Waals surface area contributed by atoms with Crippen LogP contribution < -0.4 is 15.0 Å². The number of halogens is 1. The maximum atomic E-state index is 12.8. The molecule has 1 heterocycles. The number of nitrogens with one attached hydrogen (secondary N) is 2. The van der Waals surface area contributed by atoms with Crippen LogP contribution in [0.4, 0.5) is 5.69 Å². The average molecular weight is 392 g/mol. The molecule has 0 aliphatic carbocycles. The zero-order chi connectivity index (χ0) is 18.7. The van der Waals surface area contributed by atoms with Crippen LogP contribution in [0.3, 0.4) is 0 Å². The van der Waals surface area contributed by atoms with Crippen LogP contribution in [0, 0.1) is 0 Å². The van der Waals surface area contributed by atoms with E-state index in [4.69, 9.17) is 16.3 Å². The summed E-state index contributed by atoms with van der Waals surface area (Å²) in [6.45, 7) is 0. The number of aromatic amines is 1. The number of aromatic nitrogens is 2. The Hall–Kier alpha value is -2.84. The van der Waals surface area contributed by atoms with Crippen LogP contribution >= 0.6 is 11.6 Å². The molecule has 0 bridgehead atoms. The number of benzene rings is 2. The number of anilines is 1.